The number of benzene rings is 2. The largest absolute Gasteiger partial charge is 0.302 e. The maximum Gasteiger partial charge on any atom is 0.266 e. The summed E-state index contributed by atoms with van der Waals surface area (Å²) >= 11 is 12.6. The standard InChI is InChI=1S/C25H22ClFN2O2S2/c1-5-28-22(31)20(33-23(28)32)18-16-10-15(27)11-17-19(16)29(21(18)30)24(2,3)12-25(17,4)13-6-8-14(26)9-7-13/h6-11H,5,12H2,1-4H3/b20-18-. The lowest BCUT2D eigenvalue weighted by molar-refractivity contribution is -0.122. The molecule has 3 aliphatic rings. The minimum Gasteiger partial charge on any atom is -0.302 e. The highest BCUT2D eigenvalue weighted by Gasteiger charge is 2.54. The van der Waals surface area contributed by atoms with E-state index < -0.39 is 16.8 Å². The second-order valence-electron chi connectivity index (χ2n) is 9.44. The molecule has 33 heavy (non-hydrogen) atoms. The number of anilines is 1. The zero-order chi connectivity index (χ0) is 23.9. The smallest absolute Gasteiger partial charge is 0.266 e. The summed E-state index contributed by atoms with van der Waals surface area (Å²) in [5.74, 6) is -1.02. The number of rotatable bonds is 2. The Hall–Kier alpha value is -2.22. The molecule has 1 atom stereocenters. The summed E-state index contributed by atoms with van der Waals surface area (Å²) < 4.78 is 15.5. The van der Waals surface area contributed by atoms with Crippen molar-refractivity contribution < 1.29 is 14.0 Å². The van der Waals surface area contributed by atoms with Crippen molar-refractivity contribution >= 4 is 63.0 Å². The fourth-order valence-electron chi connectivity index (χ4n) is 5.51. The molecule has 0 aromatic heterocycles. The van der Waals surface area contributed by atoms with Crippen LogP contribution in [0.2, 0.25) is 5.02 Å². The first-order chi connectivity index (χ1) is 15.5. The molecule has 2 amide bonds. The third kappa shape index (κ3) is 3.12. The van der Waals surface area contributed by atoms with Crippen LogP contribution in [-0.4, -0.2) is 33.1 Å². The van der Waals surface area contributed by atoms with Gasteiger partial charge in [-0.1, -0.05) is 54.6 Å². The van der Waals surface area contributed by atoms with Gasteiger partial charge in [-0.3, -0.25) is 14.5 Å². The lowest BCUT2D eigenvalue weighted by Gasteiger charge is -2.49. The van der Waals surface area contributed by atoms with E-state index in [2.05, 4.69) is 6.92 Å². The van der Waals surface area contributed by atoms with Gasteiger partial charge in [0, 0.05) is 28.1 Å². The van der Waals surface area contributed by atoms with E-state index in [4.69, 9.17) is 23.8 Å². The number of likely N-dealkylation sites (N-methyl/N-ethyl adjacent to an activating group) is 1. The van der Waals surface area contributed by atoms with Gasteiger partial charge in [0.05, 0.1) is 16.2 Å². The molecule has 0 bridgehead atoms. The third-order valence-corrected chi connectivity index (χ3v) is 8.54. The Labute approximate surface area is 206 Å². The Kier molecular flexibility index (Phi) is 5.05. The van der Waals surface area contributed by atoms with Gasteiger partial charge < -0.3 is 4.90 Å². The summed E-state index contributed by atoms with van der Waals surface area (Å²) in [5.41, 5.74) is 1.96. The van der Waals surface area contributed by atoms with Crippen LogP contribution in [0.5, 0.6) is 0 Å². The second kappa shape index (κ2) is 7.39. The monoisotopic (exact) mass is 500 g/mol. The first kappa shape index (κ1) is 22.6. The first-order valence-corrected chi connectivity index (χ1v) is 12.3. The Morgan fingerprint density at radius 1 is 1.12 bits per heavy atom. The number of carbonyl (C=O) groups excluding carboxylic acids is 2. The number of amides is 2. The van der Waals surface area contributed by atoms with Crippen molar-refractivity contribution in [2.75, 3.05) is 11.4 Å². The molecule has 0 spiro atoms. The van der Waals surface area contributed by atoms with E-state index in [0.29, 0.717) is 33.6 Å². The van der Waals surface area contributed by atoms with Crippen LogP contribution < -0.4 is 4.90 Å². The van der Waals surface area contributed by atoms with Crippen LogP contribution >= 0.6 is 35.6 Å². The van der Waals surface area contributed by atoms with Crippen LogP contribution in [0.3, 0.4) is 0 Å². The fourth-order valence-corrected chi connectivity index (χ4v) is 7.10. The van der Waals surface area contributed by atoms with Crippen LogP contribution in [0.4, 0.5) is 10.1 Å². The van der Waals surface area contributed by atoms with E-state index in [1.807, 2.05) is 45.0 Å². The SMILES string of the molecule is CCN1C(=O)/C(=C2/C(=O)N3c4c2cc(F)cc4C(C)(c2ccc(Cl)cc2)CC3(C)C)SC1=S. The quantitative estimate of drug-likeness (QED) is 0.380. The highest BCUT2D eigenvalue weighted by Crippen LogP contribution is 2.57. The molecule has 0 radical (unpaired) electrons. The van der Waals surface area contributed by atoms with Crippen LogP contribution in [-0.2, 0) is 15.0 Å². The molecular weight excluding hydrogens is 479 g/mol. The maximum absolute atomic E-state index is 15.1. The number of thioether (sulfide) groups is 1. The predicted molar refractivity (Wildman–Crippen MR) is 135 cm³/mol. The van der Waals surface area contributed by atoms with Crippen LogP contribution in [0.15, 0.2) is 41.3 Å². The molecule has 0 aliphatic carbocycles. The van der Waals surface area contributed by atoms with Gasteiger partial charge in [-0.25, -0.2) is 4.39 Å². The molecule has 5 rings (SSSR count). The van der Waals surface area contributed by atoms with E-state index in [0.717, 1.165) is 22.9 Å². The van der Waals surface area contributed by atoms with Gasteiger partial charge in [0.25, 0.3) is 11.8 Å². The van der Waals surface area contributed by atoms with Crippen molar-refractivity contribution in [2.45, 2.75) is 45.1 Å². The molecule has 0 saturated carbocycles. The van der Waals surface area contributed by atoms with Gasteiger partial charge in [-0.2, -0.15) is 0 Å². The number of hydrogen-bond donors (Lipinski definition) is 0. The average Bonchev–Trinajstić information content (AvgIpc) is 3.18. The van der Waals surface area contributed by atoms with Gasteiger partial charge >= 0.3 is 0 Å². The minimum absolute atomic E-state index is 0.243. The molecular formula is C25H22ClFN2O2S2. The molecule has 2 aromatic carbocycles. The van der Waals surface area contributed by atoms with Crippen molar-refractivity contribution in [2.24, 2.45) is 0 Å². The summed E-state index contributed by atoms with van der Waals surface area (Å²) in [4.78, 5) is 30.4. The third-order valence-electron chi connectivity index (χ3n) is 6.84. The fraction of sp³-hybridized carbons (Fsp3) is 0.320. The van der Waals surface area contributed by atoms with Crippen molar-refractivity contribution in [3.63, 3.8) is 0 Å². The Morgan fingerprint density at radius 3 is 2.39 bits per heavy atom. The Bertz CT molecular complexity index is 1290. The molecule has 1 unspecified atom stereocenters. The summed E-state index contributed by atoms with van der Waals surface area (Å²) in [6, 6.07) is 10.4. The molecule has 1 fully saturated rings. The lowest BCUT2D eigenvalue weighted by Crippen LogP contribution is -2.54. The van der Waals surface area contributed by atoms with E-state index >= 15 is 4.39 Å². The number of halogens is 2. The van der Waals surface area contributed by atoms with E-state index in [1.165, 1.54) is 17.0 Å². The van der Waals surface area contributed by atoms with Gasteiger partial charge in [-0.05, 0) is 62.6 Å². The summed E-state index contributed by atoms with van der Waals surface area (Å²) in [5, 5.41) is 0.624. The average molecular weight is 501 g/mol. The highest BCUT2D eigenvalue weighted by atomic mass is 35.5. The van der Waals surface area contributed by atoms with E-state index in [1.54, 1.807) is 4.90 Å². The van der Waals surface area contributed by atoms with Gasteiger partial charge in [0.1, 0.15) is 10.1 Å². The number of hydrogen-bond acceptors (Lipinski definition) is 4. The Morgan fingerprint density at radius 2 is 1.79 bits per heavy atom. The minimum atomic E-state index is -0.579. The Balaban J connectivity index is 1.81. The van der Waals surface area contributed by atoms with Crippen molar-refractivity contribution in [1.82, 2.24) is 4.90 Å². The zero-order valence-electron chi connectivity index (χ0n) is 18.7. The number of nitrogens with zero attached hydrogens (tertiary/aromatic N) is 2. The van der Waals surface area contributed by atoms with Crippen molar-refractivity contribution in [3.8, 4) is 0 Å². The van der Waals surface area contributed by atoms with Gasteiger partial charge in [0.2, 0.25) is 0 Å². The summed E-state index contributed by atoms with van der Waals surface area (Å²) in [6.45, 7) is 8.34. The molecule has 3 aliphatic heterocycles. The molecule has 0 N–H and O–H groups in total. The van der Waals surface area contributed by atoms with Crippen molar-refractivity contribution in [1.29, 1.82) is 0 Å². The summed E-state index contributed by atoms with van der Waals surface area (Å²) in [6.07, 6.45) is 0.576. The molecule has 8 heteroatoms. The number of thiocarbonyl (C=S) groups is 1. The maximum atomic E-state index is 15.1. The van der Waals surface area contributed by atoms with Gasteiger partial charge in [0.15, 0.2) is 0 Å². The van der Waals surface area contributed by atoms with E-state index in [9.17, 15) is 9.59 Å². The lowest BCUT2D eigenvalue weighted by atomic mass is 9.65. The normalized spacial score (nSPS) is 25.8. The summed E-state index contributed by atoms with van der Waals surface area (Å²) in [7, 11) is 0. The number of carbonyl (C=O) groups is 2. The predicted octanol–water partition coefficient (Wildman–Crippen LogP) is 5.91. The van der Waals surface area contributed by atoms with Crippen LogP contribution in [0.25, 0.3) is 5.57 Å². The molecule has 3 heterocycles. The molecule has 4 nitrogen and oxygen atoms in total. The highest BCUT2D eigenvalue weighted by molar-refractivity contribution is 8.26. The first-order valence-electron chi connectivity index (χ1n) is 10.7. The van der Waals surface area contributed by atoms with Crippen LogP contribution in [0.1, 0.15) is 50.8 Å². The topological polar surface area (TPSA) is 40.6 Å². The molecule has 170 valence electrons. The molecule has 2 aromatic rings. The van der Waals surface area contributed by atoms with Gasteiger partial charge in [-0.15, -0.1) is 0 Å². The second-order valence-corrected chi connectivity index (χ2v) is 11.5. The molecule has 1 saturated heterocycles. The van der Waals surface area contributed by atoms with Crippen LogP contribution in [0, 0.1) is 5.82 Å². The van der Waals surface area contributed by atoms with E-state index in [-0.39, 0.29) is 22.3 Å². The van der Waals surface area contributed by atoms with Crippen molar-refractivity contribution in [3.05, 3.63) is 68.8 Å². The zero-order valence-corrected chi connectivity index (χ0v) is 21.1.